The SMILES string of the molecule is COCCOCCCCNC(=O)Cc1ccc(S)cc1. The summed E-state index contributed by atoms with van der Waals surface area (Å²) in [7, 11) is 1.66. The zero-order chi connectivity index (χ0) is 14.6. The molecule has 0 saturated heterocycles. The van der Waals surface area contributed by atoms with Crippen LogP contribution in [0.5, 0.6) is 0 Å². The minimum Gasteiger partial charge on any atom is -0.382 e. The Morgan fingerprint density at radius 3 is 2.60 bits per heavy atom. The summed E-state index contributed by atoms with van der Waals surface area (Å²) < 4.78 is 10.2. The topological polar surface area (TPSA) is 47.6 Å². The molecule has 0 aliphatic carbocycles. The number of rotatable bonds is 10. The van der Waals surface area contributed by atoms with Gasteiger partial charge in [0.15, 0.2) is 0 Å². The Balaban J connectivity index is 2.01. The average Bonchev–Trinajstić information content (AvgIpc) is 2.44. The highest BCUT2D eigenvalue weighted by Crippen LogP contribution is 2.08. The van der Waals surface area contributed by atoms with Crippen LogP contribution in [0.15, 0.2) is 29.2 Å². The summed E-state index contributed by atoms with van der Waals surface area (Å²) in [6, 6.07) is 7.63. The van der Waals surface area contributed by atoms with E-state index in [4.69, 9.17) is 9.47 Å². The number of nitrogens with one attached hydrogen (secondary N) is 1. The minimum atomic E-state index is 0.0530. The van der Waals surface area contributed by atoms with Gasteiger partial charge in [-0.3, -0.25) is 4.79 Å². The third-order valence-corrected chi connectivity index (χ3v) is 3.07. The molecule has 0 heterocycles. The van der Waals surface area contributed by atoms with E-state index >= 15 is 0 Å². The van der Waals surface area contributed by atoms with E-state index in [1.807, 2.05) is 24.3 Å². The Morgan fingerprint density at radius 1 is 1.15 bits per heavy atom. The summed E-state index contributed by atoms with van der Waals surface area (Å²) in [6.45, 7) is 2.66. The number of thiol groups is 1. The molecule has 5 heteroatoms. The van der Waals surface area contributed by atoms with Gasteiger partial charge in [-0.1, -0.05) is 12.1 Å². The van der Waals surface area contributed by atoms with Gasteiger partial charge in [-0.2, -0.15) is 0 Å². The molecule has 0 aromatic heterocycles. The van der Waals surface area contributed by atoms with Gasteiger partial charge in [-0.25, -0.2) is 0 Å². The van der Waals surface area contributed by atoms with Crippen LogP contribution in [0, 0.1) is 0 Å². The predicted octanol–water partition coefficient (Wildman–Crippen LogP) is 2.08. The molecule has 0 unspecified atom stereocenters. The van der Waals surface area contributed by atoms with E-state index in [9.17, 15) is 4.79 Å². The van der Waals surface area contributed by atoms with Gasteiger partial charge >= 0.3 is 0 Å². The first-order valence-electron chi connectivity index (χ1n) is 6.83. The second-order valence-electron chi connectivity index (χ2n) is 4.51. The van der Waals surface area contributed by atoms with Crippen LogP contribution in [0.3, 0.4) is 0 Å². The molecule has 0 aliphatic rings. The number of carbonyl (C=O) groups is 1. The zero-order valence-electron chi connectivity index (χ0n) is 11.9. The van der Waals surface area contributed by atoms with E-state index < -0.39 is 0 Å². The molecule has 4 nitrogen and oxygen atoms in total. The maximum absolute atomic E-state index is 11.7. The Bertz CT molecular complexity index is 381. The number of benzene rings is 1. The second kappa shape index (κ2) is 10.7. The molecule has 20 heavy (non-hydrogen) atoms. The lowest BCUT2D eigenvalue weighted by Crippen LogP contribution is -2.26. The first kappa shape index (κ1) is 17.0. The van der Waals surface area contributed by atoms with Gasteiger partial charge in [0.1, 0.15) is 0 Å². The van der Waals surface area contributed by atoms with Gasteiger partial charge in [-0.15, -0.1) is 12.6 Å². The number of amides is 1. The first-order chi connectivity index (χ1) is 9.72. The van der Waals surface area contributed by atoms with Crippen molar-refractivity contribution in [3.63, 3.8) is 0 Å². The molecule has 0 fully saturated rings. The van der Waals surface area contributed by atoms with Gasteiger partial charge in [0.2, 0.25) is 5.91 Å². The van der Waals surface area contributed by atoms with Crippen LogP contribution >= 0.6 is 12.6 Å². The molecule has 0 saturated carbocycles. The Hall–Kier alpha value is -1.04. The molecule has 1 rings (SSSR count). The lowest BCUT2D eigenvalue weighted by molar-refractivity contribution is -0.120. The van der Waals surface area contributed by atoms with Crippen molar-refractivity contribution in [3.05, 3.63) is 29.8 Å². The monoisotopic (exact) mass is 297 g/mol. The second-order valence-corrected chi connectivity index (χ2v) is 5.02. The number of hydrogen-bond acceptors (Lipinski definition) is 4. The third kappa shape index (κ3) is 8.19. The molecule has 1 aromatic carbocycles. The number of methoxy groups -OCH3 is 1. The normalized spacial score (nSPS) is 10.5. The van der Waals surface area contributed by atoms with Crippen LogP contribution in [0.4, 0.5) is 0 Å². The van der Waals surface area contributed by atoms with E-state index in [0.29, 0.717) is 32.8 Å². The van der Waals surface area contributed by atoms with Crippen molar-refractivity contribution in [1.82, 2.24) is 5.32 Å². The highest BCUT2D eigenvalue weighted by molar-refractivity contribution is 7.80. The summed E-state index contributed by atoms with van der Waals surface area (Å²) in [5.41, 5.74) is 1.00. The fourth-order valence-electron chi connectivity index (χ4n) is 1.66. The molecule has 1 N–H and O–H groups in total. The zero-order valence-corrected chi connectivity index (χ0v) is 12.8. The maximum Gasteiger partial charge on any atom is 0.224 e. The van der Waals surface area contributed by atoms with Crippen LogP contribution < -0.4 is 5.32 Å². The van der Waals surface area contributed by atoms with Crippen molar-refractivity contribution in [2.45, 2.75) is 24.2 Å². The fourth-order valence-corrected chi connectivity index (χ4v) is 1.81. The quantitative estimate of drug-likeness (QED) is 0.513. The van der Waals surface area contributed by atoms with Crippen LogP contribution in [0.1, 0.15) is 18.4 Å². The Morgan fingerprint density at radius 2 is 1.90 bits per heavy atom. The van der Waals surface area contributed by atoms with Crippen LogP contribution in [-0.2, 0) is 20.7 Å². The van der Waals surface area contributed by atoms with E-state index in [0.717, 1.165) is 23.3 Å². The van der Waals surface area contributed by atoms with Gasteiger partial charge in [0, 0.05) is 25.2 Å². The fraction of sp³-hybridized carbons (Fsp3) is 0.533. The highest BCUT2D eigenvalue weighted by Gasteiger charge is 2.02. The molecule has 0 atom stereocenters. The number of hydrogen-bond donors (Lipinski definition) is 2. The molecule has 1 aromatic rings. The van der Waals surface area contributed by atoms with Crippen molar-refractivity contribution in [3.8, 4) is 0 Å². The third-order valence-electron chi connectivity index (χ3n) is 2.77. The molecule has 0 radical (unpaired) electrons. The summed E-state index contributed by atoms with van der Waals surface area (Å²) in [5.74, 6) is 0.0530. The van der Waals surface area contributed by atoms with Crippen LogP contribution in [0.2, 0.25) is 0 Å². The van der Waals surface area contributed by atoms with Crippen molar-refractivity contribution >= 4 is 18.5 Å². The van der Waals surface area contributed by atoms with E-state index in [1.54, 1.807) is 7.11 Å². The predicted molar refractivity (Wildman–Crippen MR) is 82.3 cm³/mol. The van der Waals surface area contributed by atoms with Gasteiger partial charge in [0.05, 0.1) is 19.6 Å². The molecule has 0 aliphatic heterocycles. The largest absolute Gasteiger partial charge is 0.382 e. The number of unbranched alkanes of at least 4 members (excludes halogenated alkanes) is 1. The first-order valence-corrected chi connectivity index (χ1v) is 7.28. The van der Waals surface area contributed by atoms with Crippen LogP contribution in [-0.4, -0.2) is 39.4 Å². The van der Waals surface area contributed by atoms with Crippen molar-refractivity contribution < 1.29 is 14.3 Å². The van der Waals surface area contributed by atoms with E-state index in [-0.39, 0.29) is 5.91 Å². The molecule has 112 valence electrons. The van der Waals surface area contributed by atoms with Crippen molar-refractivity contribution in [2.24, 2.45) is 0 Å². The standard InChI is InChI=1S/C15H23NO3S/c1-18-10-11-19-9-3-2-8-16-15(17)12-13-4-6-14(20)7-5-13/h4-7,20H,2-3,8-12H2,1H3,(H,16,17). The summed E-state index contributed by atoms with van der Waals surface area (Å²) >= 11 is 4.21. The lowest BCUT2D eigenvalue weighted by atomic mass is 10.1. The molecule has 1 amide bonds. The van der Waals surface area contributed by atoms with Gasteiger partial charge in [0.25, 0.3) is 0 Å². The lowest BCUT2D eigenvalue weighted by Gasteiger charge is -2.06. The number of ether oxygens (including phenoxy) is 2. The van der Waals surface area contributed by atoms with Gasteiger partial charge in [-0.05, 0) is 30.5 Å². The minimum absolute atomic E-state index is 0.0530. The van der Waals surface area contributed by atoms with Crippen molar-refractivity contribution in [2.75, 3.05) is 33.5 Å². The average molecular weight is 297 g/mol. The maximum atomic E-state index is 11.7. The molecular weight excluding hydrogens is 274 g/mol. The van der Waals surface area contributed by atoms with Crippen LogP contribution in [0.25, 0.3) is 0 Å². The molecular formula is C15H23NO3S. The van der Waals surface area contributed by atoms with Crippen molar-refractivity contribution in [1.29, 1.82) is 0 Å². The summed E-state index contributed by atoms with van der Waals surface area (Å²) in [4.78, 5) is 12.6. The Kier molecular flexibility index (Phi) is 9.11. The molecule has 0 bridgehead atoms. The van der Waals surface area contributed by atoms with E-state index in [1.165, 1.54) is 0 Å². The summed E-state index contributed by atoms with van der Waals surface area (Å²) in [6.07, 6.45) is 2.28. The highest BCUT2D eigenvalue weighted by atomic mass is 32.1. The number of carbonyl (C=O) groups excluding carboxylic acids is 1. The van der Waals surface area contributed by atoms with Gasteiger partial charge < -0.3 is 14.8 Å². The molecule has 0 spiro atoms. The summed E-state index contributed by atoms with van der Waals surface area (Å²) in [5, 5.41) is 2.91. The smallest absolute Gasteiger partial charge is 0.224 e. The Labute approximate surface area is 126 Å². The van der Waals surface area contributed by atoms with E-state index in [2.05, 4.69) is 17.9 Å².